The maximum absolute atomic E-state index is 14.1. The van der Waals surface area contributed by atoms with Crippen molar-refractivity contribution in [2.24, 2.45) is 4.36 Å². The van der Waals surface area contributed by atoms with Gasteiger partial charge in [0.05, 0.1) is 54.6 Å². The number of ether oxygens (including phenoxy) is 3. The van der Waals surface area contributed by atoms with E-state index in [1.54, 1.807) is 73.3 Å². The Morgan fingerprint density at radius 2 is 1.63 bits per heavy atom. The molecule has 46 heavy (non-hydrogen) atoms. The number of methoxy groups -OCH3 is 1. The maximum atomic E-state index is 14.1. The van der Waals surface area contributed by atoms with Crippen LogP contribution in [0.25, 0.3) is 0 Å². The lowest BCUT2D eigenvalue weighted by atomic mass is 9.80. The van der Waals surface area contributed by atoms with Gasteiger partial charge >= 0.3 is 18.0 Å². The second kappa shape index (κ2) is 16.7. The topological polar surface area (TPSA) is 136 Å². The third kappa shape index (κ3) is 8.75. The number of rotatable bonds is 13. The van der Waals surface area contributed by atoms with Crippen LogP contribution in [0.5, 0.6) is 0 Å². The van der Waals surface area contributed by atoms with Gasteiger partial charge in [-0.2, -0.15) is 0 Å². The van der Waals surface area contributed by atoms with E-state index >= 15 is 0 Å². The van der Waals surface area contributed by atoms with Gasteiger partial charge < -0.3 is 24.4 Å². The fourth-order valence-corrected chi connectivity index (χ4v) is 7.04. The zero-order chi connectivity index (χ0) is 34.0. The van der Waals surface area contributed by atoms with Crippen molar-refractivity contribution in [1.29, 1.82) is 0 Å². The van der Waals surface area contributed by atoms with E-state index in [1.807, 2.05) is 27.7 Å². The third-order valence-electron chi connectivity index (χ3n) is 7.16. The first kappa shape index (κ1) is 36.8. The molecule has 0 spiro atoms. The molecule has 0 saturated heterocycles. The Morgan fingerprint density at radius 1 is 1.00 bits per heavy atom. The van der Waals surface area contributed by atoms with Crippen LogP contribution in [0.1, 0.15) is 53.0 Å². The minimum absolute atomic E-state index is 0.0380. The molecule has 1 aliphatic rings. The smallest absolute Gasteiger partial charge is 0.353 e. The number of hydrogen-bond donors (Lipinski definition) is 2. The first-order valence-electron chi connectivity index (χ1n) is 15.0. The van der Waals surface area contributed by atoms with Gasteiger partial charge in [0.25, 0.3) is 0 Å². The number of carbonyl (C=O) groups is 3. The van der Waals surface area contributed by atoms with Crippen molar-refractivity contribution in [3.63, 3.8) is 0 Å². The number of urea groups is 1. The third-order valence-corrected chi connectivity index (χ3v) is 9.42. The van der Waals surface area contributed by atoms with Gasteiger partial charge in [0, 0.05) is 29.3 Å². The normalized spacial score (nSPS) is 16.2. The summed E-state index contributed by atoms with van der Waals surface area (Å²) in [6, 6.07) is 14.6. The number of halogens is 1. The molecule has 2 amide bonds. The van der Waals surface area contributed by atoms with Gasteiger partial charge in [-0.15, -0.1) is 4.36 Å². The molecule has 2 aromatic carbocycles. The van der Waals surface area contributed by atoms with Crippen molar-refractivity contribution in [2.75, 3.05) is 33.5 Å². The SMILES string of the molecule is CCOC(=O)C1=C(COCCNS(=O)(=NC(=O)N(C(C)C)C(C)C)c2ccccc2)NC(C)=C(C(=O)OC)C1c1ccccc1Cl. The molecule has 0 aromatic heterocycles. The van der Waals surface area contributed by atoms with Crippen molar-refractivity contribution in [3.8, 4) is 0 Å². The lowest BCUT2D eigenvalue weighted by molar-refractivity contribution is -0.139. The number of dihydropyridines is 1. The molecular weight excluding hydrogens is 632 g/mol. The lowest BCUT2D eigenvalue weighted by Crippen LogP contribution is -2.41. The number of nitrogens with one attached hydrogen (secondary N) is 2. The van der Waals surface area contributed by atoms with Gasteiger partial charge in [-0.3, -0.25) is 0 Å². The summed E-state index contributed by atoms with van der Waals surface area (Å²) < 4.78 is 37.6. The summed E-state index contributed by atoms with van der Waals surface area (Å²) in [6.07, 6.45) is 0. The van der Waals surface area contributed by atoms with Gasteiger partial charge in [0.1, 0.15) is 9.92 Å². The summed E-state index contributed by atoms with van der Waals surface area (Å²) in [4.78, 5) is 41.5. The first-order chi connectivity index (χ1) is 21.9. The largest absolute Gasteiger partial charge is 0.466 e. The number of hydrogen-bond acceptors (Lipinski definition) is 8. The molecule has 0 saturated carbocycles. The Labute approximate surface area is 276 Å². The minimum Gasteiger partial charge on any atom is -0.466 e. The Balaban J connectivity index is 1.91. The van der Waals surface area contributed by atoms with E-state index in [0.717, 1.165) is 0 Å². The molecule has 1 heterocycles. The van der Waals surface area contributed by atoms with Crippen LogP contribution < -0.4 is 10.0 Å². The molecule has 11 nitrogen and oxygen atoms in total. The first-order valence-corrected chi connectivity index (χ1v) is 16.9. The van der Waals surface area contributed by atoms with Gasteiger partial charge in [0.2, 0.25) is 0 Å². The zero-order valence-electron chi connectivity index (χ0n) is 27.3. The Morgan fingerprint density at radius 3 is 2.22 bits per heavy atom. The maximum Gasteiger partial charge on any atom is 0.353 e. The molecule has 1 aliphatic heterocycles. The van der Waals surface area contributed by atoms with Gasteiger partial charge in [-0.05, 0) is 65.3 Å². The number of allylic oxidation sites excluding steroid dienone is 1. The number of benzene rings is 2. The Hall–Kier alpha value is -3.71. The minimum atomic E-state index is -3.37. The van der Waals surface area contributed by atoms with E-state index in [-0.39, 0.29) is 49.6 Å². The predicted molar refractivity (Wildman–Crippen MR) is 177 cm³/mol. The monoisotopic (exact) mass is 674 g/mol. The standard InChI is InChI=1S/C33H43ClN4O7S/c1-8-45-32(40)30-27(36-23(6)28(31(39)43-7)29(30)25-16-12-13-17-26(25)34)20-44-19-18-35-46(42,24-14-10-9-11-15-24)37-33(41)38(21(2)3)22(4)5/h9-17,21-22,29,36H,8,18-20H2,1-7H3,(H,35,37,41,42). The predicted octanol–water partition coefficient (Wildman–Crippen LogP) is 5.58. The molecule has 2 N–H and O–H groups in total. The molecule has 0 aliphatic carbocycles. The van der Waals surface area contributed by atoms with E-state index in [9.17, 15) is 18.6 Å². The van der Waals surface area contributed by atoms with E-state index < -0.39 is 33.8 Å². The van der Waals surface area contributed by atoms with Crippen LogP contribution in [0.15, 0.2) is 86.4 Å². The van der Waals surface area contributed by atoms with Gasteiger partial charge in [0.15, 0.2) is 0 Å². The fourth-order valence-electron chi connectivity index (χ4n) is 5.26. The number of amides is 2. The highest BCUT2D eigenvalue weighted by Gasteiger charge is 2.39. The molecule has 0 radical (unpaired) electrons. The molecule has 0 bridgehead atoms. The van der Waals surface area contributed by atoms with Crippen molar-refractivity contribution >= 4 is 39.5 Å². The van der Waals surface area contributed by atoms with Crippen molar-refractivity contribution in [3.05, 3.63) is 87.7 Å². The lowest BCUT2D eigenvalue weighted by Gasteiger charge is -2.31. The fraction of sp³-hybridized carbons (Fsp3) is 0.424. The highest BCUT2D eigenvalue weighted by molar-refractivity contribution is 7.92. The molecule has 2 unspecified atom stereocenters. The molecule has 3 rings (SSSR count). The summed E-state index contributed by atoms with van der Waals surface area (Å²) in [5, 5.41) is 3.49. The van der Waals surface area contributed by atoms with Crippen molar-refractivity contribution in [2.45, 2.75) is 64.4 Å². The van der Waals surface area contributed by atoms with Crippen LogP contribution in [-0.4, -0.2) is 72.6 Å². The molecule has 250 valence electrons. The summed E-state index contributed by atoms with van der Waals surface area (Å²) in [6.45, 7) is 11.0. The molecule has 2 atom stereocenters. The molecule has 13 heteroatoms. The van der Waals surface area contributed by atoms with Crippen LogP contribution in [0.4, 0.5) is 4.79 Å². The van der Waals surface area contributed by atoms with Crippen molar-refractivity contribution in [1.82, 2.24) is 14.9 Å². The number of carbonyl (C=O) groups excluding carboxylic acids is 3. The summed E-state index contributed by atoms with van der Waals surface area (Å²) in [7, 11) is -2.10. The van der Waals surface area contributed by atoms with Gasteiger partial charge in [-0.25, -0.2) is 23.3 Å². The van der Waals surface area contributed by atoms with Gasteiger partial charge in [-0.1, -0.05) is 48.0 Å². The summed E-state index contributed by atoms with van der Waals surface area (Å²) >= 11 is 6.57. The Kier molecular flexibility index (Phi) is 13.4. The van der Waals surface area contributed by atoms with E-state index in [2.05, 4.69) is 14.4 Å². The zero-order valence-corrected chi connectivity index (χ0v) is 28.9. The van der Waals surface area contributed by atoms with E-state index in [4.69, 9.17) is 25.8 Å². The second-order valence-electron chi connectivity index (χ2n) is 11.0. The highest BCUT2D eigenvalue weighted by Crippen LogP contribution is 2.41. The average molecular weight is 675 g/mol. The molecule has 2 aromatic rings. The van der Waals surface area contributed by atoms with Crippen LogP contribution >= 0.6 is 11.6 Å². The quantitative estimate of drug-likeness (QED) is 0.208. The van der Waals surface area contributed by atoms with E-state index in [0.29, 0.717) is 26.9 Å². The Bertz CT molecular complexity index is 1590. The van der Waals surface area contributed by atoms with Crippen LogP contribution in [-0.2, 0) is 33.7 Å². The van der Waals surface area contributed by atoms with Crippen molar-refractivity contribution < 1.29 is 32.8 Å². The molecule has 0 fully saturated rings. The number of esters is 2. The summed E-state index contributed by atoms with van der Waals surface area (Å²) in [5.74, 6) is -2.15. The van der Waals surface area contributed by atoms with E-state index in [1.165, 1.54) is 7.11 Å². The second-order valence-corrected chi connectivity index (χ2v) is 13.4. The highest BCUT2D eigenvalue weighted by atomic mass is 35.5. The van der Waals surface area contributed by atoms with Crippen LogP contribution in [0, 0.1) is 0 Å². The molecular formula is C33H43ClN4O7S. The van der Waals surface area contributed by atoms with Crippen LogP contribution in [0.3, 0.4) is 0 Å². The average Bonchev–Trinajstić information content (AvgIpc) is 3.00. The number of nitrogens with zero attached hydrogens (tertiary/aromatic N) is 2. The summed E-state index contributed by atoms with van der Waals surface area (Å²) in [5.41, 5.74) is 1.74. The van der Waals surface area contributed by atoms with Crippen LogP contribution in [0.2, 0.25) is 5.02 Å².